The van der Waals surface area contributed by atoms with Gasteiger partial charge >= 0.3 is 11.9 Å². The SMILES string of the molecule is O=C(O)CCCCCCCCCC1(C(=O)O)CC1. The van der Waals surface area contributed by atoms with Crippen LogP contribution in [0.4, 0.5) is 0 Å². The van der Waals surface area contributed by atoms with Crippen LogP contribution in [0.2, 0.25) is 0 Å². The number of hydrogen-bond acceptors (Lipinski definition) is 2. The average Bonchev–Trinajstić information content (AvgIpc) is 3.07. The van der Waals surface area contributed by atoms with Crippen LogP contribution < -0.4 is 0 Å². The number of aliphatic carboxylic acids is 2. The fourth-order valence-electron chi connectivity index (χ4n) is 2.35. The van der Waals surface area contributed by atoms with E-state index in [1.807, 2.05) is 0 Å². The quantitative estimate of drug-likeness (QED) is 0.555. The Labute approximate surface area is 108 Å². The Morgan fingerprint density at radius 1 is 0.833 bits per heavy atom. The molecule has 0 aromatic heterocycles. The Balaban J connectivity index is 1.85. The Bertz CT molecular complexity index is 282. The predicted octanol–water partition coefficient (Wildman–Crippen LogP) is 3.45. The van der Waals surface area contributed by atoms with Gasteiger partial charge in [-0.05, 0) is 25.7 Å². The van der Waals surface area contributed by atoms with E-state index in [-0.39, 0.29) is 11.8 Å². The molecule has 4 heteroatoms. The highest BCUT2D eigenvalue weighted by molar-refractivity contribution is 5.77. The van der Waals surface area contributed by atoms with Crippen molar-refractivity contribution in [1.82, 2.24) is 0 Å². The molecule has 1 saturated carbocycles. The largest absolute Gasteiger partial charge is 0.481 e. The van der Waals surface area contributed by atoms with Gasteiger partial charge in [-0.3, -0.25) is 9.59 Å². The summed E-state index contributed by atoms with van der Waals surface area (Å²) in [6.45, 7) is 0. The molecule has 0 aromatic rings. The Hall–Kier alpha value is -1.06. The first-order chi connectivity index (χ1) is 8.57. The van der Waals surface area contributed by atoms with E-state index in [9.17, 15) is 9.59 Å². The number of unbranched alkanes of at least 4 members (excludes halogenated alkanes) is 6. The van der Waals surface area contributed by atoms with Crippen molar-refractivity contribution in [2.24, 2.45) is 5.41 Å². The maximum atomic E-state index is 10.9. The third kappa shape index (κ3) is 5.52. The normalized spacial score (nSPS) is 16.4. The first-order valence-electron chi connectivity index (χ1n) is 7.02. The van der Waals surface area contributed by atoms with Crippen molar-refractivity contribution in [1.29, 1.82) is 0 Å². The van der Waals surface area contributed by atoms with Crippen molar-refractivity contribution < 1.29 is 19.8 Å². The van der Waals surface area contributed by atoms with E-state index in [2.05, 4.69) is 0 Å². The van der Waals surface area contributed by atoms with Gasteiger partial charge < -0.3 is 10.2 Å². The Morgan fingerprint density at radius 3 is 1.78 bits per heavy atom. The third-order valence-electron chi connectivity index (χ3n) is 3.85. The molecule has 0 heterocycles. The Kier molecular flexibility index (Phi) is 6.16. The molecule has 1 fully saturated rings. The molecule has 18 heavy (non-hydrogen) atoms. The van der Waals surface area contributed by atoms with Crippen LogP contribution in [0.1, 0.15) is 70.6 Å². The Morgan fingerprint density at radius 2 is 1.33 bits per heavy atom. The lowest BCUT2D eigenvalue weighted by Gasteiger charge is -2.08. The summed E-state index contributed by atoms with van der Waals surface area (Å²) >= 11 is 0. The summed E-state index contributed by atoms with van der Waals surface area (Å²) in [4.78, 5) is 21.2. The average molecular weight is 256 g/mol. The van der Waals surface area contributed by atoms with Crippen LogP contribution in [0.5, 0.6) is 0 Å². The molecule has 0 spiro atoms. The molecule has 0 saturated heterocycles. The van der Waals surface area contributed by atoms with E-state index in [1.165, 1.54) is 0 Å². The molecule has 0 radical (unpaired) electrons. The lowest BCUT2D eigenvalue weighted by molar-refractivity contribution is -0.143. The van der Waals surface area contributed by atoms with Crippen LogP contribution in [0.25, 0.3) is 0 Å². The number of hydrogen-bond donors (Lipinski definition) is 2. The molecule has 1 aliphatic rings. The van der Waals surface area contributed by atoms with Gasteiger partial charge in [-0.1, -0.05) is 38.5 Å². The van der Waals surface area contributed by atoms with E-state index in [0.717, 1.165) is 64.2 Å². The molecule has 0 unspecified atom stereocenters. The van der Waals surface area contributed by atoms with Gasteiger partial charge in [-0.25, -0.2) is 0 Å². The minimum atomic E-state index is -0.710. The van der Waals surface area contributed by atoms with Crippen LogP contribution >= 0.6 is 0 Å². The van der Waals surface area contributed by atoms with Gasteiger partial charge in [-0.15, -0.1) is 0 Å². The predicted molar refractivity (Wildman–Crippen MR) is 68.5 cm³/mol. The molecule has 4 nitrogen and oxygen atoms in total. The smallest absolute Gasteiger partial charge is 0.309 e. The van der Waals surface area contributed by atoms with Crippen LogP contribution in [-0.2, 0) is 9.59 Å². The van der Waals surface area contributed by atoms with Gasteiger partial charge in [0.25, 0.3) is 0 Å². The summed E-state index contributed by atoms with van der Waals surface area (Å²) in [6, 6.07) is 0. The van der Waals surface area contributed by atoms with Crippen LogP contribution in [0.15, 0.2) is 0 Å². The standard InChI is InChI=1S/C14H24O4/c15-12(16)8-6-4-2-1-3-5-7-9-14(10-11-14)13(17)18/h1-11H2,(H,15,16)(H,17,18). The van der Waals surface area contributed by atoms with Crippen LogP contribution in [0, 0.1) is 5.41 Å². The molecule has 0 bridgehead atoms. The minimum Gasteiger partial charge on any atom is -0.481 e. The molecule has 2 N–H and O–H groups in total. The van der Waals surface area contributed by atoms with Crippen LogP contribution in [-0.4, -0.2) is 22.2 Å². The molecule has 0 aromatic carbocycles. The summed E-state index contributed by atoms with van der Waals surface area (Å²) in [5.41, 5.74) is -0.360. The van der Waals surface area contributed by atoms with Crippen molar-refractivity contribution in [3.8, 4) is 0 Å². The van der Waals surface area contributed by atoms with Gasteiger partial charge in [0.2, 0.25) is 0 Å². The molecule has 0 aliphatic heterocycles. The van der Waals surface area contributed by atoms with E-state index >= 15 is 0 Å². The molecule has 1 aliphatic carbocycles. The van der Waals surface area contributed by atoms with Crippen molar-refractivity contribution in [2.75, 3.05) is 0 Å². The lowest BCUT2D eigenvalue weighted by Crippen LogP contribution is -2.14. The highest BCUT2D eigenvalue weighted by Gasteiger charge is 2.49. The van der Waals surface area contributed by atoms with Crippen molar-refractivity contribution in [3.05, 3.63) is 0 Å². The second-order valence-corrected chi connectivity index (χ2v) is 5.45. The van der Waals surface area contributed by atoms with Gasteiger partial charge in [0.1, 0.15) is 0 Å². The zero-order valence-electron chi connectivity index (χ0n) is 11.0. The highest BCUT2D eigenvalue weighted by atomic mass is 16.4. The molecule has 0 atom stereocenters. The van der Waals surface area contributed by atoms with Gasteiger partial charge in [0, 0.05) is 6.42 Å². The van der Waals surface area contributed by atoms with Gasteiger partial charge in [0.05, 0.1) is 5.41 Å². The fraction of sp³-hybridized carbons (Fsp3) is 0.857. The topological polar surface area (TPSA) is 74.6 Å². The van der Waals surface area contributed by atoms with E-state index in [0.29, 0.717) is 0 Å². The molecular formula is C14H24O4. The number of carboxylic acid groups (broad SMARTS) is 2. The second-order valence-electron chi connectivity index (χ2n) is 5.45. The highest BCUT2D eigenvalue weighted by Crippen LogP contribution is 2.50. The number of rotatable bonds is 11. The van der Waals surface area contributed by atoms with E-state index < -0.39 is 11.9 Å². The second kappa shape index (κ2) is 7.39. The summed E-state index contributed by atoms with van der Waals surface area (Å²) < 4.78 is 0. The molecule has 104 valence electrons. The maximum Gasteiger partial charge on any atom is 0.309 e. The monoisotopic (exact) mass is 256 g/mol. The molecule has 1 rings (SSSR count). The molecule has 0 amide bonds. The maximum absolute atomic E-state index is 10.9. The lowest BCUT2D eigenvalue weighted by atomic mass is 9.97. The van der Waals surface area contributed by atoms with Crippen LogP contribution in [0.3, 0.4) is 0 Å². The van der Waals surface area contributed by atoms with Crippen molar-refractivity contribution in [2.45, 2.75) is 70.6 Å². The summed E-state index contributed by atoms with van der Waals surface area (Å²) in [7, 11) is 0. The van der Waals surface area contributed by atoms with E-state index in [1.54, 1.807) is 0 Å². The summed E-state index contributed by atoms with van der Waals surface area (Å²) in [5.74, 6) is -1.32. The zero-order chi connectivity index (χ0) is 13.4. The first kappa shape index (κ1) is 15.0. The fourth-order valence-corrected chi connectivity index (χ4v) is 2.35. The van der Waals surface area contributed by atoms with Gasteiger partial charge in [-0.2, -0.15) is 0 Å². The number of carboxylic acids is 2. The summed E-state index contributed by atoms with van der Waals surface area (Å²) in [5, 5.41) is 17.5. The third-order valence-corrected chi connectivity index (χ3v) is 3.85. The first-order valence-corrected chi connectivity index (χ1v) is 7.02. The zero-order valence-corrected chi connectivity index (χ0v) is 11.0. The molecular weight excluding hydrogens is 232 g/mol. The van der Waals surface area contributed by atoms with Gasteiger partial charge in [0.15, 0.2) is 0 Å². The van der Waals surface area contributed by atoms with E-state index in [4.69, 9.17) is 10.2 Å². The van der Waals surface area contributed by atoms with Crippen molar-refractivity contribution in [3.63, 3.8) is 0 Å². The minimum absolute atomic E-state index is 0.279. The summed E-state index contributed by atoms with van der Waals surface area (Å²) in [6.07, 6.45) is 10.1. The van der Waals surface area contributed by atoms with Crippen molar-refractivity contribution >= 4 is 11.9 Å². The number of carbonyl (C=O) groups is 2.